The van der Waals surface area contributed by atoms with E-state index >= 15 is 0 Å². The summed E-state index contributed by atoms with van der Waals surface area (Å²) in [4.78, 5) is 39.3. The molecule has 0 saturated carbocycles. The van der Waals surface area contributed by atoms with Crippen molar-refractivity contribution in [2.75, 3.05) is 19.0 Å². The van der Waals surface area contributed by atoms with Gasteiger partial charge in [-0.25, -0.2) is 9.59 Å². The summed E-state index contributed by atoms with van der Waals surface area (Å²) in [5.41, 5.74) is 4.78. The van der Waals surface area contributed by atoms with Gasteiger partial charge in [-0.3, -0.25) is 4.79 Å². The molecule has 0 aliphatic carbocycles. The Bertz CT molecular complexity index is 968. The molecule has 8 nitrogen and oxygen atoms in total. The van der Waals surface area contributed by atoms with Crippen LogP contribution < -0.4 is 11.1 Å². The normalized spacial score (nSPS) is 20.3. The van der Waals surface area contributed by atoms with Crippen molar-refractivity contribution in [2.24, 2.45) is 5.73 Å². The van der Waals surface area contributed by atoms with Gasteiger partial charge in [-0.15, -0.1) is 0 Å². The van der Waals surface area contributed by atoms with Crippen LogP contribution in [0, 0.1) is 0 Å². The topological polar surface area (TPSA) is 117 Å². The Balaban J connectivity index is 2.45. The summed E-state index contributed by atoms with van der Waals surface area (Å²) in [5.74, 6) is -2.32. The number of anilines is 1. The van der Waals surface area contributed by atoms with E-state index in [1.165, 1.54) is 7.11 Å². The molecule has 1 unspecified atom stereocenters. The molecular formula is C20H21BrN2O6. The van der Waals surface area contributed by atoms with E-state index in [9.17, 15) is 14.4 Å². The second-order valence-electron chi connectivity index (χ2n) is 6.50. The molecular weight excluding hydrogens is 444 g/mol. The highest BCUT2D eigenvalue weighted by Crippen LogP contribution is 2.53. The molecule has 2 heterocycles. The van der Waals surface area contributed by atoms with Gasteiger partial charge in [0.25, 0.3) is 0 Å². The molecule has 0 aromatic heterocycles. The number of hydrogen-bond acceptors (Lipinski definition) is 7. The van der Waals surface area contributed by atoms with Crippen molar-refractivity contribution in [2.45, 2.75) is 32.1 Å². The lowest BCUT2D eigenvalue weighted by Crippen LogP contribution is -2.48. The average Bonchev–Trinajstić information content (AvgIpc) is 2.94. The number of benzene rings is 1. The van der Waals surface area contributed by atoms with Gasteiger partial charge in [-0.2, -0.15) is 0 Å². The second-order valence-corrected chi connectivity index (χ2v) is 7.41. The summed E-state index contributed by atoms with van der Waals surface area (Å²) >= 11 is 3.39. The number of carbonyl (C=O) groups is 3. The molecule has 1 aromatic carbocycles. The van der Waals surface area contributed by atoms with E-state index in [1.54, 1.807) is 25.1 Å². The zero-order valence-corrected chi connectivity index (χ0v) is 17.8. The van der Waals surface area contributed by atoms with Crippen LogP contribution in [-0.2, 0) is 34.0 Å². The van der Waals surface area contributed by atoms with Gasteiger partial charge in [0.15, 0.2) is 0 Å². The van der Waals surface area contributed by atoms with Crippen LogP contribution in [0.15, 0.2) is 45.5 Å². The van der Waals surface area contributed by atoms with Crippen LogP contribution in [-0.4, -0.2) is 31.6 Å². The quantitative estimate of drug-likeness (QED) is 0.642. The first-order valence-electron chi connectivity index (χ1n) is 9.11. The highest BCUT2D eigenvalue weighted by Gasteiger charge is 2.62. The second kappa shape index (κ2) is 7.90. The molecule has 3 N–H and O–H groups in total. The maximum absolute atomic E-state index is 13.4. The molecule has 9 heteroatoms. The van der Waals surface area contributed by atoms with E-state index in [-0.39, 0.29) is 29.4 Å². The van der Waals surface area contributed by atoms with Crippen LogP contribution in [0.1, 0.15) is 32.3 Å². The van der Waals surface area contributed by atoms with Crippen LogP contribution in [0.2, 0.25) is 0 Å². The molecule has 1 spiro atoms. The van der Waals surface area contributed by atoms with Gasteiger partial charge in [0, 0.05) is 22.1 Å². The largest absolute Gasteiger partial charge is 0.465 e. The molecule has 2 aliphatic rings. The third-order valence-corrected chi connectivity index (χ3v) is 5.32. The van der Waals surface area contributed by atoms with Gasteiger partial charge in [-0.1, -0.05) is 22.9 Å². The van der Waals surface area contributed by atoms with E-state index in [1.807, 2.05) is 6.92 Å². The number of fused-ring (bicyclic) bond motifs is 2. The average molecular weight is 465 g/mol. The summed E-state index contributed by atoms with van der Waals surface area (Å²) < 4.78 is 16.5. The maximum atomic E-state index is 13.4. The van der Waals surface area contributed by atoms with Crippen molar-refractivity contribution in [3.8, 4) is 0 Å². The zero-order valence-electron chi connectivity index (χ0n) is 16.3. The van der Waals surface area contributed by atoms with Crippen molar-refractivity contribution < 1.29 is 28.6 Å². The van der Waals surface area contributed by atoms with Crippen molar-refractivity contribution >= 4 is 39.5 Å². The molecule has 0 bridgehead atoms. The van der Waals surface area contributed by atoms with E-state index < -0.39 is 23.3 Å². The maximum Gasteiger partial charge on any atom is 0.340 e. The number of rotatable bonds is 5. The van der Waals surface area contributed by atoms with E-state index in [0.29, 0.717) is 28.6 Å². The van der Waals surface area contributed by atoms with Crippen LogP contribution in [0.25, 0.3) is 0 Å². The monoisotopic (exact) mass is 464 g/mol. The van der Waals surface area contributed by atoms with Crippen molar-refractivity contribution in [1.82, 2.24) is 0 Å². The number of nitrogens with one attached hydrogen (secondary N) is 1. The fourth-order valence-corrected chi connectivity index (χ4v) is 4.11. The summed E-state index contributed by atoms with van der Waals surface area (Å²) in [5, 5.41) is 2.75. The highest BCUT2D eigenvalue weighted by molar-refractivity contribution is 9.10. The number of allylic oxidation sites excluding steroid dienone is 1. The molecule has 154 valence electrons. The number of ether oxygens (including phenoxy) is 3. The Morgan fingerprint density at radius 1 is 1.24 bits per heavy atom. The number of amides is 1. The van der Waals surface area contributed by atoms with E-state index in [4.69, 9.17) is 19.9 Å². The Labute approximate surface area is 176 Å². The summed E-state index contributed by atoms with van der Waals surface area (Å²) in [6, 6.07) is 5.08. The highest BCUT2D eigenvalue weighted by atomic mass is 79.9. The molecule has 1 amide bonds. The number of hydrogen-bond donors (Lipinski definition) is 2. The first-order chi connectivity index (χ1) is 13.8. The molecule has 29 heavy (non-hydrogen) atoms. The minimum atomic E-state index is -1.84. The number of carbonyl (C=O) groups excluding carboxylic acids is 3. The summed E-state index contributed by atoms with van der Waals surface area (Å²) in [7, 11) is 1.17. The lowest BCUT2D eigenvalue weighted by atomic mass is 9.67. The van der Waals surface area contributed by atoms with Gasteiger partial charge < -0.3 is 25.3 Å². The predicted octanol–water partition coefficient (Wildman–Crippen LogP) is 2.63. The molecule has 3 rings (SSSR count). The summed E-state index contributed by atoms with van der Waals surface area (Å²) in [6.45, 7) is 3.62. The predicted molar refractivity (Wildman–Crippen MR) is 107 cm³/mol. The smallest absolute Gasteiger partial charge is 0.340 e. The fraction of sp³-hybridized carbons (Fsp3) is 0.350. The Morgan fingerprint density at radius 3 is 2.59 bits per heavy atom. The lowest BCUT2D eigenvalue weighted by Gasteiger charge is -2.36. The lowest BCUT2D eigenvalue weighted by molar-refractivity contribution is -0.142. The SMILES string of the molecule is CCCC1=C(C(=O)OCC)C2(C(=O)Nc3ccc(Br)cc32)C(C(=O)OC)=C(N)O1. The minimum absolute atomic E-state index is 0.0647. The molecule has 0 radical (unpaired) electrons. The standard InChI is InChI=1S/C20H21BrN2O6/c1-4-6-13-14(18(25)28-5-2)20(15(16(22)29-13)17(24)27-3)11-9-10(21)7-8-12(11)23-19(20)26/h7-9H,4-6,22H2,1-3H3,(H,23,26). The molecule has 1 atom stereocenters. The minimum Gasteiger partial charge on any atom is -0.465 e. The number of methoxy groups -OCH3 is 1. The van der Waals surface area contributed by atoms with Crippen LogP contribution >= 0.6 is 15.9 Å². The third-order valence-electron chi connectivity index (χ3n) is 4.83. The molecule has 2 aliphatic heterocycles. The number of esters is 2. The third kappa shape index (κ3) is 3.09. The van der Waals surface area contributed by atoms with Gasteiger partial charge >= 0.3 is 11.9 Å². The van der Waals surface area contributed by atoms with Crippen molar-refractivity contribution in [1.29, 1.82) is 0 Å². The zero-order chi connectivity index (χ0) is 21.3. The van der Waals surface area contributed by atoms with Gasteiger partial charge in [0.2, 0.25) is 11.8 Å². The van der Waals surface area contributed by atoms with Crippen LogP contribution in [0.3, 0.4) is 0 Å². The van der Waals surface area contributed by atoms with Gasteiger partial charge in [0.1, 0.15) is 22.3 Å². The first kappa shape index (κ1) is 20.9. The van der Waals surface area contributed by atoms with Gasteiger partial charge in [0.05, 0.1) is 13.7 Å². The summed E-state index contributed by atoms with van der Waals surface area (Å²) in [6.07, 6.45) is 0.934. The van der Waals surface area contributed by atoms with E-state index in [0.717, 1.165) is 0 Å². The Morgan fingerprint density at radius 2 is 1.97 bits per heavy atom. The van der Waals surface area contributed by atoms with Gasteiger partial charge in [-0.05, 0) is 31.5 Å². The van der Waals surface area contributed by atoms with E-state index in [2.05, 4.69) is 21.2 Å². The molecule has 0 saturated heterocycles. The fourth-order valence-electron chi connectivity index (χ4n) is 3.75. The first-order valence-corrected chi connectivity index (χ1v) is 9.90. The van der Waals surface area contributed by atoms with Crippen LogP contribution in [0.4, 0.5) is 5.69 Å². The number of halogens is 1. The van der Waals surface area contributed by atoms with Crippen molar-refractivity contribution in [3.63, 3.8) is 0 Å². The molecule has 0 fully saturated rings. The Hall–Kier alpha value is -2.81. The van der Waals surface area contributed by atoms with Crippen molar-refractivity contribution in [3.05, 3.63) is 51.0 Å². The Kier molecular flexibility index (Phi) is 5.70. The van der Waals surface area contributed by atoms with Crippen LogP contribution in [0.5, 0.6) is 0 Å². The molecule has 1 aromatic rings. The number of nitrogens with two attached hydrogens (primary N) is 1.